The Hall–Kier alpha value is -2.96. The number of para-hydroxylation sites is 1. The summed E-state index contributed by atoms with van der Waals surface area (Å²) in [5.41, 5.74) is 1.11. The van der Waals surface area contributed by atoms with Crippen molar-refractivity contribution >= 4 is 17.6 Å². The highest BCUT2D eigenvalue weighted by Crippen LogP contribution is 2.38. The zero-order valence-corrected chi connectivity index (χ0v) is 13.3. The zero-order valence-electron chi connectivity index (χ0n) is 13.3. The first-order chi connectivity index (χ1) is 11.7. The van der Waals surface area contributed by atoms with E-state index in [0.29, 0.717) is 0 Å². The molecule has 7 heteroatoms. The molecular formula is C17H17NO6. The lowest BCUT2D eigenvalue weighted by atomic mass is 10.0. The summed E-state index contributed by atoms with van der Waals surface area (Å²) in [6.07, 6.45) is 0. The Morgan fingerprint density at radius 2 is 1.46 bits per heavy atom. The molecule has 1 aromatic carbocycles. The van der Waals surface area contributed by atoms with Crippen LogP contribution in [0.15, 0.2) is 53.0 Å². The van der Waals surface area contributed by atoms with Gasteiger partial charge in [0.15, 0.2) is 11.5 Å². The highest BCUT2D eigenvalue weighted by atomic mass is 16.6. The summed E-state index contributed by atoms with van der Waals surface area (Å²) in [4.78, 5) is 24.6. The standard InChI is InChI=1S/C17H17NO6/c1-21-16(19)11-13(18-10-6-4-3-5-7-10)12(17(20)22-2)15-14(11)23-8-9-24-15/h3-7,13,18H,8-9H2,1-2H3. The Balaban J connectivity index is 2.08. The van der Waals surface area contributed by atoms with Gasteiger partial charge in [0.25, 0.3) is 0 Å². The van der Waals surface area contributed by atoms with Crippen LogP contribution in [-0.4, -0.2) is 45.4 Å². The number of esters is 2. The van der Waals surface area contributed by atoms with Crippen molar-refractivity contribution in [2.45, 2.75) is 6.04 Å². The van der Waals surface area contributed by atoms with Crippen molar-refractivity contribution < 1.29 is 28.5 Å². The topological polar surface area (TPSA) is 83.1 Å². The molecule has 0 spiro atoms. The normalized spacial score (nSPS) is 16.9. The lowest BCUT2D eigenvalue weighted by molar-refractivity contribution is -0.136. The molecule has 1 fully saturated rings. The van der Waals surface area contributed by atoms with E-state index in [2.05, 4.69) is 5.32 Å². The van der Waals surface area contributed by atoms with Gasteiger partial charge in [0.1, 0.15) is 24.4 Å². The molecule has 1 saturated heterocycles. The van der Waals surface area contributed by atoms with E-state index in [1.165, 1.54) is 14.2 Å². The molecule has 7 nitrogen and oxygen atoms in total. The van der Waals surface area contributed by atoms with Crippen molar-refractivity contribution in [3.63, 3.8) is 0 Å². The largest absolute Gasteiger partial charge is 0.485 e. The third kappa shape index (κ3) is 2.68. The van der Waals surface area contributed by atoms with Crippen molar-refractivity contribution in [2.24, 2.45) is 0 Å². The summed E-state index contributed by atoms with van der Waals surface area (Å²) in [6.45, 7) is 0.567. The Morgan fingerprint density at radius 1 is 0.958 bits per heavy atom. The summed E-state index contributed by atoms with van der Waals surface area (Å²) >= 11 is 0. The number of hydrogen-bond acceptors (Lipinski definition) is 7. The van der Waals surface area contributed by atoms with E-state index in [-0.39, 0.29) is 35.9 Å². The number of hydrogen-bond donors (Lipinski definition) is 1. The maximum atomic E-state index is 12.3. The van der Waals surface area contributed by atoms with Gasteiger partial charge in [0, 0.05) is 5.69 Å². The predicted molar refractivity (Wildman–Crippen MR) is 83.8 cm³/mol. The van der Waals surface area contributed by atoms with Crippen molar-refractivity contribution in [3.05, 3.63) is 53.0 Å². The molecule has 3 rings (SSSR count). The molecule has 1 aliphatic carbocycles. The fourth-order valence-electron chi connectivity index (χ4n) is 2.71. The van der Waals surface area contributed by atoms with Crippen LogP contribution in [0.4, 0.5) is 5.69 Å². The summed E-state index contributed by atoms with van der Waals surface area (Å²) in [6, 6.07) is 8.41. The molecule has 1 heterocycles. The molecule has 1 N–H and O–H groups in total. The zero-order chi connectivity index (χ0) is 17.1. The van der Waals surface area contributed by atoms with Gasteiger partial charge >= 0.3 is 11.9 Å². The third-order valence-electron chi connectivity index (χ3n) is 3.74. The van der Waals surface area contributed by atoms with Crippen molar-refractivity contribution in [1.29, 1.82) is 0 Å². The molecule has 0 atom stereocenters. The van der Waals surface area contributed by atoms with Crippen LogP contribution in [0.25, 0.3) is 0 Å². The summed E-state index contributed by atoms with van der Waals surface area (Å²) in [5.74, 6) is -0.746. The lowest BCUT2D eigenvalue weighted by Crippen LogP contribution is -2.31. The highest BCUT2D eigenvalue weighted by molar-refractivity contribution is 6.02. The summed E-state index contributed by atoms with van der Waals surface area (Å²) in [7, 11) is 2.55. The van der Waals surface area contributed by atoms with Gasteiger partial charge in [-0.05, 0) is 12.1 Å². The van der Waals surface area contributed by atoms with Gasteiger partial charge in [-0.25, -0.2) is 9.59 Å². The average Bonchev–Trinajstić information content (AvgIpc) is 2.95. The second kappa shape index (κ2) is 6.66. The van der Waals surface area contributed by atoms with Gasteiger partial charge < -0.3 is 24.3 Å². The van der Waals surface area contributed by atoms with E-state index < -0.39 is 18.0 Å². The van der Waals surface area contributed by atoms with Crippen molar-refractivity contribution in [3.8, 4) is 0 Å². The molecule has 0 unspecified atom stereocenters. The van der Waals surface area contributed by atoms with Crippen LogP contribution >= 0.6 is 0 Å². The average molecular weight is 331 g/mol. The van der Waals surface area contributed by atoms with Crippen LogP contribution in [0.5, 0.6) is 0 Å². The summed E-state index contributed by atoms with van der Waals surface area (Å²) in [5, 5.41) is 3.15. The third-order valence-corrected chi connectivity index (χ3v) is 3.74. The molecule has 0 radical (unpaired) electrons. The number of rotatable bonds is 4. The molecule has 1 aliphatic heterocycles. The predicted octanol–water partition coefficient (Wildman–Crippen LogP) is 1.38. The monoisotopic (exact) mass is 331 g/mol. The minimum absolute atomic E-state index is 0.191. The first kappa shape index (κ1) is 15.9. The van der Waals surface area contributed by atoms with E-state index in [1.807, 2.05) is 30.3 Å². The fourth-order valence-corrected chi connectivity index (χ4v) is 2.71. The molecule has 0 amide bonds. The number of ether oxygens (including phenoxy) is 4. The van der Waals surface area contributed by atoms with E-state index in [9.17, 15) is 9.59 Å². The van der Waals surface area contributed by atoms with Crippen LogP contribution in [-0.2, 0) is 28.5 Å². The smallest absolute Gasteiger partial charge is 0.340 e. The lowest BCUT2D eigenvalue weighted by Gasteiger charge is -2.19. The number of benzene rings is 1. The Labute approximate surface area is 138 Å². The SMILES string of the molecule is COC(=O)C1=C2OCCOC2=C(C(=O)OC)C1Nc1ccccc1. The van der Waals surface area contributed by atoms with Crippen LogP contribution in [0.3, 0.4) is 0 Å². The Kier molecular flexibility index (Phi) is 4.41. The maximum absolute atomic E-state index is 12.3. The Bertz CT molecular complexity index is 680. The summed E-state index contributed by atoms with van der Waals surface area (Å²) < 4.78 is 20.9. The second-order valence-corrected chi connectivity index (χ2v) is 5.11. The molecular weight excluding hydrogens is 314 g/mol. The highest BCUT2D eigenvalue weighted by Gasteiger charge is 2.45. The Morgan fingerprint density at radius 3 is 1.92 bits per heavy atom. The number of fused-ring (bicyclic) bond motifs is 1. The second-order valence-electron chi connectivity index (χ2n) is 5.11. The molecule has 0 saturated carbocycles. The molecule has 24 heavy (non-hydrogen) atoms. The van der Waals surface area contributed by atoms with E-state index in [4.69, 9.17) is 18.9 Å². The van der Waals surface area contributed by atoms with Gasteiger partial charge in [-0.15, -0.1) is 0 Å². The molecule has 126 valence electrons. The number of carbonyl (C=O) groups is 2. The number of carbonyl (C=O) groups excluding carboxylic acids is 2. The fraction of sp³-hybridized carbons (Fsp3) is 0.294. The van der Waals surface area contributed by atoms with Crippen LogP contribution in [0.2, 0.25) is 0 Å². The van der Waals surface area contributed by atoms with Crippen LogP contribution in [0.1, 0.15) is 0 Å². The van der Waals surface area contributed by atoms with E-state index in [1.54, 1.807) is 0 Å². The number of anilines is 1. The van der Waals surface area contributed by atoms with Crippen molar-refractivity contribution in [1.82, 2.24) is 0 Å². The first-order valence-corrected chi connectivity index (χ1v) is 7.40. The van der Waals surface area contributed by atoms with Gasteiger partial charge in [-0.3, -0.25) is 0 Å². The quantitative estimate of drug-likeness (QED) is 0.835. The number of nitrogens with one attached hydrogen (secondary N) is 1. The van der Waals surface area contributed by atoms with Crippen LogP contribution in [0, 0.1) is 0 Å². The molecule has 0 aromatic heterocycles. The first-order valence-electron chi connectivity index (χ1n) is 7.40. The van der Waals surface area contributed by atoms with Gasteiger partial charge in [-0.2, -0.15) is 0 Å². The van der Waals surface area contributed by atoms with E-state index in [0.717, 1.165) is 5.69 Å². The molecule has 2 aliphatic rings. The van der Waals surface area contributed by atoms with E-state index >= 15 is 0 Å². The minimum Gasteiger partial charge on any atom is -0.485 e. The van der Waals surface area contributed by atoms with Crippen molar-refractivity contribution in [2.75, 3.05) is 32.8 Å². The van der Waals surface area contributed by atoms with Gasteiger partial charge in [-0.1, -0.05) is 18.2 Å². The maximum Gasteiger partial charge on any atom is 0.340 e. The van der Waals surface area contributed by atoms with Crippen LogP contribution < -0.4 is 5.32 Å². The molecule has 0 bridgehead atoms. The molecule has 1 aromatic rings. The minimum atomic E-state index is -0.782. The van der Waals surface area contributed by atoms with Gasteiger partial charge in [0.05, 0.1) is 20.3 Å². The van der Waals surface area contributed by atoms with Gasteiger partial charge in [0.2, 0.25) is 0 Å². The number of methoxy groups -OCH3 is 2.